The van der Waals surface area contributed by atoms with E-state index in [9.17, 15) is 48.6 Å². The van der Waals surface area contributed by atoms with E-state index in [4.69, 9.17) is 11.5 Å². The van der Waals surface area contributed by atoms with Gasteiger partial charge < -0.3 is 68.9 Å². The third kappa shape index (κ3) is 17.0. The van der Waals surface area contributed by atoms with Crippen molar-refractivity contribution in [3.8, 4) is 0 Å². The first-order valence-electron chi connectivity index (χ1n) is 25.3. The molecule has 0 aliphatic rings. The molecule has 0 unspecified atom stereocenters. The van der Waals surface area contributed by atoms with Crippen LogP contribution < -0.4 is 48.7 Å². The first-order valence-corrected chi connectivity index (χ1v) is 25.9. The summed E-state index contributed by atoms with van der Waals surface area (Å²) in [6.07, 6.45) is 2.38. The molecule has 77 heavy (non-hydrogen) atoms. The number of aliphatic hydroxyl groups excluding tert-OH is 1. The van der Waals surface area contributed by atoms with Crippen molar-refractivity contribution in [1.82, 2.24) is 47.2 Å². The zero-order valence-corrected chi connectivity index (χ0v) is 43.4. The molecule has 7 amide bonds. The maximum Gasteiger partial charge on any atom is 0.322 e. The summed E-state index contributed by atoms with van der Waals surface area (Å²) >= 11 is 4.16. The number of unbranched alkanes of at least 4 members (excludes halogenated alkanes) is 1. The fourth-order valence-electron chi connectivity index (χ4n) is 8.72. The predicted molar refractivity (Wildman–Crippen MR) is 293 cm³/mol. The number of nitrogens with two attached hydrogens (primary N) is 2. The lowest BCUT2D eigenvalue weighted by atomic mass is 10.00. The molecule has 15 N–H and O–H groups in total. The van der Waals surface area contributed by atoms with Crippen LogP contribution in [-0.2, 0) is 64.0 Å². The predicted octanol–water partition coefficient (Wildman–Crippen LogP) is 0.796. The van der Waals surface area contributed by atoms with E-state index >= 15 is 0 Å². The molecule has 2 heterocycles. The van der Waals surface area contributed by atoms with Gasteiger partial charge in [0.1, 0.15) is 42.8 Å². The number of rotatable bonds is 29. The molecule has 408 valence electrons. The number of aliphatic carboxylic acids is 1. The molecule has 6 rings (SSSR count). The van der Waals surface area contributed by atoms with Crippen LogP contribution in [0.15, 0.2) is 122 Å². The third-order valence-corrected chi connectivity index (χ3v) is 13.3. The number of carbonyl (C=O) groups excluding carboxylic acids is 7. The number of carboxylic acids is 1. The molecule has 0 saturated heterocycles. The van der Waals surface area contributed by atoms with Crippen LogP contribution in [-0.4, -0.2) is 135 Å². The van der Waals surface area contributed by atoms with E-state index in [2.05, 4.69) is 59.8 Å². The molecule has 0 bridgehead atoms. The average Bonchev–Trinajstić information content (AvgIpc) is 4.04. The maximum atomic E-state index is 15.0. The summed E-state index contributed by atoms with van der Waals surface area (Å²) in [5.41, 5.74) is 16.0. The van der Waals surface area contributed by atoms with Crippen LogP contribution in [0.1, 0.15) is 48.4 Å². The molecule has 21 nitrogen and oxygen atoms in total. The summed E-state index contributed by atoms with van der Waals surface area (Å²) in [6, 6.07) is 22.8. The van der Waals surface area contributed by atoms with E-state index in [1.165, 1.54) is 6.92 Å². The van der Waals surface area contributed by atoms with Gasteiger partial charge in [-0.25, -0.2) is 0 Å². The van der Waals surface area contributed by atoms with Crippen molar-refractivity contribution in [2.75, 3.05) is 18.8 Å². The number of aromatic nitrogens is 2. The third-order valence-electron chi connectivity index (χ3n) is 12.9. The number of aromatic amines is 2. The van der Waals surface area contributed by atoms with Gasteiger partial charge in [0.15, 0.2) is 0 Å². The van der Waals surface area contributed by atoms with Gasteiger partial charge in [-0.3, -0.25) is 38.4 Å². The number of carbonyl (C=O) groups is 8. The Morgan fingerprint density at radius 2 is 0.948 bits per heavy atom. The monoisotopic (exact) mass is 1070 g/mol. The largest absolute Gasteiger partial charge is 0.480 e. The SMILES string of the molecule is C[C@@H](O)[C@H](NC(=O)[C@H](CCCCN)NC(=O)[C@@H](Cc1c[nH]c2ccccc12)NC(=O)[C@H](Cc1c[nH]c2ccccc12)NC(=O)[C@H](Cc1ccccc1)NC(=O)[C@@H](N)CS)C(=O)N[C@@H](Cc1ccccc1)C(=O)NCC(=O)O. The van der Waals surface area contributed by atoms with Crippen molar-refractivity contribution in [2.45, 2.75) is 100 Å². The second-order valence-corrected chi connectivity index (χ2v) is 19.1. The van der Waals surface area contributed by atoms with Crippen LogP contribution in [0.3, 0.4) is 0 Å². The molecule has 4 aromatic carbocycles. The minimum Gasteiger partial charge on any atom is -0.480 e. The van der Waals surface area contributed by atoms with E-state index < -0.39 is 102 Å². The van der Waals surface area contributed by atoms with Crippen molar-refractivity contribution in [2.24, 2.45) is 11.5 Å². The van der Waals surface area contributed by atoms with Gasteiger partial charge in [0, 0.05) is 65.6 Å². The lowest BCUT2D eigenvalue weighted by Crippen LogP contribution is -2.62. The van der Waals surface area contributed by atoms with Crippen LogP contribution in [0.25, 0.3) is 21.8 Å². The van der Waals surface area contributed by atoms with E-state index in [-0.39, 0.29) is 44.4 Å². The molecule has 2 aromatic heterocycles. The normalized spacial score (nSPS) is 14.4. The van der Waals surface area contributed by atoms with Gasteiger partial charge >= 0.3 is 5.97 Å². The number of thiol groups is 1. The van der Waals surface area contributed by atoms with Crippen LogP contribution in [0.2, 0.25) is 0 Å². The number of para-hydroxylation sites is 2. The van der Waals surface area contributed by atoms with Crippen molar-refractivity contribution in [3.05, 3.63) is 144 Å². The number of hydrogen-bond acceptors (Lipinski definition) is 12. The smallest absolute Gasteiger partial charge is 0.322 e. The number of H-pyrrole nitrogens is 2. The molecular formula is C55H67N11O10S. The van der Waals surface area contributed by atoms with Gasteiger partial charge in [-0.15, -0.1) is 0 Å². The second kappa shape index (κ2) is 28.7. The Morgan fingerprint density at radius 3 is 1.42 bits per heavy atom. The lowest BCUT2D eigenvalue weighted by molar-refractivity contribution is -0.139. The van der Waals surface area contributed by atoms with Crippen LogP contribution in [0, 0.1) is 0 Å². The number of hydrogen-bond donors (Lipinski definition) is 14. The summed E-state index contributed by atoms with van der Waals surface area (Å²) in [5, 5.41) is 40.2. The highest BCUT2D eigenvalue weighted by atomic mass is 32.1. The second-order valence-electron chi connectivity index (χ2n) is 18.7. The Kier molecular flexibility index (Phi) is 21.7. The van der Waals surface area contributed by atoms with E-state index in [1.807, 2.05) is 48.5 Å². The molecule has 0 radical (unpaired) electrons. The molecule has 0 aliphatic carbocycles. The zero-order valence-electron chi connectivity index (χ0n) is 42.5. The number of benzene rings is 4. The molecule has 0 spiro atoms. The average molecular weight is 1070 g/mol. The molecule has 22 heteroatoms. The standard InChI is InChI=1S/C55H67N11O10S/c1-32(67)48(55(76)65-43(50(71)60-30-47(68)69)24-33-14-4-2-5-15-33)66-51(72)42(22-12-13-23-56)61-53(74)45(26-35-28-58-40-20-10-8-18-37(35)40)64-54(75)46(27-36-29-59-41-21-11-9-19-38(36)41)63-52(73)44(62-49(70)39(57)31-77)25-34-16-6-3-7-17-34/h2-11,14-21,28-29,32,39,42-46,48,58-59,67,77H,12-13,22-27,30-31,56-57H2,1H3,(H,60,71)(H,61,74)(H,62,70)(H,63,73)(H,64,75)(H,65,76)(H,66,72)(H,68,69)/t32-,39+,42+,43+,44+,45-,46+,48+/m1/s1. The number of carboxylic acid groups (broad SMARTS) is 1. The molecule has 0 aliphatic heterocycles. The quantitative estimate of drug-likeness (QED) is 0.0229. The van der Waals surface area contributed by atoms with Gasteiger partial charge in [0.05, 0.1) is 12.1 Å². The van der Waals surface area contributed by atoms with E-state index in [1.54, 1.807) is 73.1 Å². The van der Waals surface area contributed by atoms with E-state index in [0.717, 1.165) is 21.8 Å². The van der Waals surface area contributed by atoms with Gasteiger partial charge in [-0.05, 0) is 67.1 Å². The Balaban J connectivity index is 1.30. The first kappa shape index (κ1) is 58.2. The van der Waals surface area contributed by atoms with Crippen LogP contribution in [0.4, 0.5) is 0 Å². The molecule has 0 saturated carbocycles. The van der Waals surface area contributed by atoms with Gasteiger partial charge in [0.2, 0.25) is 41.4 Å². The van der Waals surface area contributed by atoms with Gasteiger partial charge in [-0.2, -0.15) is 12.6 Å². The Labute approximate surface area is 450 Å². The number of nitrogens with one attached hydrogen (secondary N) is 9. The fourth-order valence-corrected chi connectivity index (χ4v) is 8.89. The molecule has 8 atom stereocenters. The molecular weight excluding hydrogens is 1010 g/mol. The Bertz CT molecular complexity index is 2970. The Hall–Kier alpha value is -8.05. The summed E-state index contributed by atoms with van der Waals surface area (Å²) in [5.74, 6) is -6.97. The topological polar surface area (TPSA) is 345 Å². The highest BCUT2D eigenvalue weighted by Gasteiger charge is 2.36. The van der Waals surface area contributed by atoms with Crippen molar-refractivity contribution in [3.63, 3.8) is 0 Å². The molecule has 0 fully saturated rings. The van der Waals surface area contributed by atoms with Gasteiger partial charge in [-0.1, -0.05) is 97.1 Å². The minimum absolute atomic E-state index is 0.00370. The number of aliphatic hydroxyl groups is 1. The van der Waals surface area contributed by atoms with Crippen LogP contribution in [0.5, 0.6) is 0 Å². The van der Waals surface area contributed by atoms with Crippen molar-refractivity contribution < 1.29 is 48.6 Å². The summed E-state index contributed by atoms with van der Waals surface area (Å²) in [6.45, 7) is 0.758. The van der Waals surface area contributed by atoms with E-state index in [0.29, 0.717) is 35.1 Å². The number of amides is 7. The highest BCUT2D eigenvalue weighted by molar-refractivity contribution is 7.80. The highest BCUT2D eigenvalue weighted by Crippen LogP contribution is 2.22. The van der Waals surface area contributed by atoms with Crippen LogP contribution >= 0.6 is 12.6 Å². The molecule has 6 aromatic rings. The van der Waals surface area contributed by atoms with Gasteiger partial charge in [0.25, 0.3) is 0 Å². The fraction of sp³-hybridized carbons (Fsp3) is 0.345. The van der Waals surface area contributed by atoms with Crippen molar-refractivity contribution in [1.29, 1.82) is 0 Å². The summed E-state index contributed by atoms with van der Waals surface area (Å²) < 4.78 is 0. The maximum absolute atomic E-state index is 15.0. The summed E-state index contributed by atoms with van der Waals surface area (Å²) in [4.78, 5) is 117. The minimum atomic E-state index is -1.68. The number of fused-ring (bicyclic) bond motifs is 2. The lowest BCUT2D eigenvalue weighted by Gasteiger charge is -2.28. The zero-order chi connectivity index (χ0) is 55.4. The van der Waals surface area contributed by atoms with Crippen molar-refractivity contribution >= 4 is 81.8 Å². The summed E-state index contributed by atoms with van der Waals surface area (Å²) in [7, 11) is 0. The Morgan fingerprint density at radius 1 is 0.532 bits per heavy atom. The first-order chi connectivity index (χ1) is 37.0.